The van der Waals surface area contributed by atoms with E-state index in [9.17, 15) is 4.79 Å². The summed E-state index contributed by atoms with van der Waals surface area (Å²) in [6, 6.07) is 3.41. The highest BCUT2D eigenvalue weighted by Gasteiger charge is 2.00. The summed E-state index contributed by atoms with van der Waals surface area (Å²) in [6.07, 6.45) is 3.51. The Labute approximate surface area is 95.0 Å². The molecule has 0 radical (unpaired) electrons. The molecule has 1 rings (SSSR count). The lowest BCUT2D eigenvalue weighted by molar-refractivity contribution is 0.1000. The number of aromatic nitrogens is 1. The SMILES string of the molecule is COCCCCNc1ccc(C(N)=O)cn1. The van der Waals surface area contributed by atoms with Crippen molar-refractivity contribution in [3.63, 3.8) is 0 Å². The van der Waals surface area contributed by atoms with E-state index in [-0.39, 0.29) is 0 Å². The fraction of sp³-hybridized carbons (Fsp3) is 0.455. The first-order valence-corrected chi connectivity index (χ1v) is 5.22. The third-order valence-corrected chi connectivity index (χ3v) is 2.13. The number of primary amides is 1. The van der Waals surface area contributed by atoms with Gasteiger partial charge in [-0.1, -0.05) is 0 Å². The highest BCUT2D eigenvalue weighted by Crippen LogP contribution is 2.04. The number of rotatable bonds is 7. The van der Waals surface area contributed by atoms with Crippen LogP contribution in [0.2, 0.25) is 0 Å². The molecule has 0 atom stereocenters. The van der Waals surface area contributed by atoms with E-state index in [1.165, 1.54) is 6.20 Å². The maximum absolute atomic E-state index is 10.8. The Balaban J connectivity index is 2.29. The number of nitrogens with one attached hydrogen (secondary N) is 1. The number of hydrogen-bond donors (Lipinski definition) is 2. The van der Waals surface area contributed by atoms with Crippen molar-refractivity contribution in [2.45, 2.75) is 12.8 Å². The van der Waals surface area contributed by atoms with Crippen LogP contribution in [0.15, 0.2) is 18.3 Å². The second-order valence-corrected chi connectivity index (χ2v) is 3.42. The minimum Gasteiger partial charge on any atom is -0.385 e. The first-order valence-electron chi connectivity index (χ1n) is 5.22. The minimum absolute atomic E-state index is 0.421. The number of nitrogens with zero attached hydrogens (tertiary/aromatic N) is 1. The lowest BCUT2D eigenvalue weighted by Crippen LogP contribution is -2.11. The Morgan fingerprint density at radius 2 is 2.31 bits per heavy atom. The minimum atomic E-state index is -0.459. The fourth-order valence-electron chi connectivity index (χ4n) is 1.23. The molecular formula is C11H17N3O2. The van der Waals surface area contributed by atoms with E-state index in [0.29, 0.717) is 5.56 Å². The second kappa shape index (κ2) is 6.79. The molecule has 1 aromatic heterocycles. The standard InChI is InChI=1S/C11H17N3O2/c1-16-7-3-2-6-13-10-5-4-9(8-14-10)11(12)15/h4-5,8H,2-3,6-7H2,1H3,(H2,12,15)(H,13,14). The quantitative estimate of drug-likeness (QED) is 0.676. The van der Waals surface area contributed by atoms with Crippen LogP contribution in [0.25, 0.3) is 0 Å². The molecular weight excluding hydrogens is 206 g/mol. The van der Waals surface area contributed by atoms with E-state index in [1.807, 2.05) is 0 Å². The Kier molecular flexibility index (Phi) is 5.28. The predicted molar refractivity (Wildman–Crippen MR) is 62.4 cm³/mol. The van der Waals surface area contributed by atoms with Crippen molar-refractivity contribution in [3.05, 3.63) is 23.9 Å². The molecule has 0 aliphatic carbocycles. The zero-order valence-corrected chi connectivity index (χ0v) is 9.40. The number of methoxy groups -OCH3 is 1. The normalized spacial score (nSPS) is 10.1. The largest absolute Gasteiger partial charge is 0.385 e. The van der Waals surface area contributed by atoms with Gasteiger partial charge in [0.05, 0.1) is 5.56 Å². The van der Waals surface area contributed by atoms with E-state index in [2.05, 4.69) is 10.3 Å². The molecule has 0 saturated carbocycles. The van der Waals surface area contributed by atoms with Gasteiger partial charge < -0.3 is 15.8 Å². The van der Waals surface area contributed by atoms with Crippen LogP contribution >= 0.6 is 0 Å². The second-order valence-electron chi connectivity index (χ2n) is 3.42. The molecule has 88 valence electrons. The molecule has 5 nitrogen and oxygen atoms in total. The molecule has 0 aliphatic heterocycles. The average Bonchev–Trinajstić information content (AvgIpc) is 2.29. The first kappa shape index (κ1) is 12.4. The first-order chi connectivity index (χ1) is 7.74. The Hall–Kier alpha value is -1.62. The molecule has 0 bridgehead atoms. The molecule has 1 heterocycles. The van der Waals surface area contributed by atoms with Crippen LogP contribution in [0.1, 0.15) is 23.2 Å². The smallest absolute Gasteiger partial charge is 0.250 e. The summed E-state index contributed by atoms with van der Waals surface area (Å²) in [6.45, 7) is 1.61. The highest BCUT2D eigenvalue weighted by molar-refractivity contribution is 5.92. The summed E-state index contributed by atoms with van der Waals surface area (Å²) >= 11 is 0. The molecule has 0 fully saturated rings. The van der Waals surface area contributed by atoms with Crippen molar-refractivity contribution in [2.24, 2.45) is 5.73 Å². The Morgan fingerprint density at radius 1 is 1.50 bits per heavy atom. The molecule has 0 unspecified atom stereocenters. The van der Waals surface area contributed by atoms with Gasteiger partial charge in [-0.3, -0.25) is 4.79 Å². The molecule has 1 aromatic rings. The van der Waals surface area contributed by atoms with E-state index < -0.39 is 5.91 Å². The summed E-state index contributed by atoms with van der Waals surface area (Å²) in [7, 11) is 1.69. The van der Waals surface area contributed by atoms with Crippen LogP contribution < -0.4 is 11.1 Å². The van der Waals surface area contributed by atoms with E-state index in [0.717, 1.165) is 31.8 Å². The topological polar surface area (TPSA) is 77.2 Å². The van der Waals surface area contributed by atoms with Crippen molar-refractivity contribution in [2.75, 3.05) is 25.6 Å². The number of pyridine rings is 1. The lowest BCUT2D eigenvalue weighted by atomic mass is 10.2. The zero-order valence-electron chi connectivity index (χ0n) is 9.40. The molecule has 1 amide bonds. The lowest BCUT2D eigenvalue weighted by Gasteiger charge is -2.05. The Morgan fingerprint density at radius 3 is 2.88 bits per heavy atom. The van der Waals surface area contributed by atoms with Gasteiger partial charge in [0.2, 0.25) is 5.91 Å². The van der Waals surface area contributed by atoms with Crippen LogP contribution in [-0.4, -0.2) is 31.2 Å². The van der Waals surface area contributed by atoms with Crippen molar-refractivity contribution >= 4 is 11.7 Å². The van der Waals surface area contributed by atoms with Gasteiger partial charge in [0, 0.05) is 26.5 Å². The van der Waals surface area contributed by atoms with Crippen molar-refractivity contribution < 1.29 is 9.53 Å². The van der Waals surface area contributed by atoms with Crippen LogP contribution in [0, 0.1) is 0 Å². The predicted octanol–water partition coefficient (Wildman–Crippen LogP) is 1.02. The van der Waals surface area contributed by atoms with Crippen molar-refractivity contribution in [3.8, 4) is 0 Å². The molecule has 0 spiro atoms. The van der Waals surface area contributed by atoms with Gasteiger partial charge in [-0.15, -0.1) is 0 Å². The number of carbonyl (C=O) groups is 1. The third-order valence-electron chi connectivity index (χ3n) is 2.13. The molecule has 16 heavy (non-hydrogen) atoms. The van der Waals surface area contributed by atoms with Gasteiger partial charge in [0.25, 0.3) is 0 Å². The third kappa shape index (κ3) is 4.27. The fourth-order valence-corrected chi connectivity index (χ4v) is 1.23. The molecule has 0 saturated heterocycles. The maximum Gasteiger partial charge on any atom is 0.250 e. The number of ether oxygens (including phenoxy) is 1. The summed E-state index contributed by atoms with van der Waals surface area (Å²) in [5.41, 5.74) is 5.53. The zero-order chi connectivity index (χ0) is 11.8. The summed E-state index contributed by atoms with van der Waals surface area (Å²) < 4.78 is 4.94. The number of anilines is 1. The summed E-state index contributed by atoms with van der Waals surface area (Å²) in [5.74, 6) is 0.293. The maximum atomic E-state index is 10.8. The van der Waals surface area contributed by atoms with Crippen LogP contribution in [-0.2, 0) is 4.74 Å². The molecule has 0 aromatic carbocycles. The van der Waals surface area contributed by atoms with Gasteiger partial charge in [-0.2, -0.15) is 0 Å². The Bertz CT molecular complexity index is 325. The number of carbonyl (C=O) groups excluding carboxylic acids is 1. The summed E-state index contributed by atoms with van der Waals surface area (Å²) in [4.78, 5) is 14.9. The van der Waals surface area contributed by atoms with Gasteiger partial charge in [-0.25, -0.2) is 4.98 Å². The number of hydrogen-bond acceptors (Lipinski definition) is 4. The number of unbranched alkanes of at least 4 members (excludes halogenated alkanes) is 1. The monoisotopic (exact) mass is 223 g/mol. The highest BCUT2D eigenvalue weighted by atomic mass is 16.5. The van der Waals surface area contributed by atoms with E-state index in [1.54, 1.807) is 19.2 Å². The van der Waals surface area contributed by atoms with Crippen LogP contribution in [0.3, 0.4) is 0 Å². The van der Waals surface area contributed by atoms with Gasteiger partial charge in [0.1, 0.15) is 5.82 Å². The molecule has 5 heteroatoms. The van der Waals surface area contributed by atoms with Crippen LogP contribution in [0.4, 0.5) is 5.82 Å². The van der Waals surface area contributed by atoms with Gasteiger partial charge in [-0.05, 0) is 25.0 Å². The van der Waals surface area contributed by atoms with E-state index in [4.69, 9.17) is 10.5 Å². The molecule has 3 N–H and O–H groups in total. The number of amides is 1. The number of nitrogens with two attached hydrogens (primary N) is 1. The van der Waals surface area contributed by atoms with Gasteiger partial charge in [0.15, 0.2) is 0 Å². The van der Waals surface area contributed by atoms with Crippen LogP contribution in [0.5, 0.6) is 0 Å². The molecule has 0 aliphatic rings. The van der Waals surface area contributed by atoms with Gasteiger partial charge >= 0.3 is 0 Å². The van der Waals surface area contributed by atoms with Crippen molar-refractivity contribution in [1.82, 2.24) is 4.98 Å². The van der Waals surface area contributed by atoms with Crippen molar-refractivity contribution in [1.29, 1.82) is 0 Å². The summed E-state index contributed by atoms with van der Waals surface area (Å²) in [5, 5.41) is 3.15. The van der Waals surface area contributed by atoms with E-state index >= 15 is 0 Å². The average molecular weight is 223 g/mol.